The van der Waals surface area contributed by atoms with Crippen LogP contribution in [0.2, 0.25) is 0 Å². The Morgan fingerprint density at radius 3 is 3.04 bits per heavy atom. The SMILES string of the molecule is C[C@@H]1CCCC[C@@H]1OCCNC(=O)Nc1cccc2cnccc12. The highest BCUT2D eigenvalue weighted by Gasteiger charge is 2.21. The molecule has 1 aliphatic carbocycles. The topological polar surface area (TPSA) is 63.2 Å². The summed E-state index contributed by atoms with van der Waals surface area (Å²) in [5.41, 5.74) is 0.786. The van der Waals surface area contributed by atoms with Crippen molar-refractivity contribution in [2.75, 3.05) is 18.5 Å². The van der Waals surface area contributed by atoms with Crippen molar-refractivity contribution in [3.05, 3.63) is 36.7 Å². The lowest BCUT2D eigenvalue weighted by Gasteiger charge is -2.28. The van der Waals surface area contributed by atoms with E-state index in [1.165, 1.54) is 19.3 Å². The molecule has 0 aliphatic heterocycles. The van der Waals surface area contributed by atoms with Gasteiger partial charge in [0.1, 0.15) is 0 Å². The number of benzene rings is 1. The molecule has 1 aliphatic rings. The molecule has 2 amide bonds. The van der Waals surface area contributed by atoms with Gasteiger partial charge in [-0.15, -0.1) is 0 Å². The average molecular weight is 327 g/mol. The van der Waals surface area contributed by atoms with Crippen molar-refractivity contribution in [1.29, 1.82) is 0 Å². The van der Waals surface area contributed by atoms with E-state index in [1.807, 2.05) is 24.3 Å². The number of ether oxygens (including phenoxy) is 1. The first-order valence-corrected chi connectivity index (χ1v) is 8.73. The second-order valence-corrected chi connectivity index (χ2v) is 6.45. The third-order valence-electron chi connectivity index (χ3n) is 4.68. The molecule has 0 spiro atoms. The van der Waals surface area contributed by atoms with Gasteiger partial charge < -0.3 is 15.4 Å². The summed E-state index contributed by atoms with van der Waals surface area (Å²) in [4.78, 5) is 16.2. The molecule has 1 aromatic carbocycles. The van der Waals surface area contributed by atoms with Gasteiger partial charge in [-0.2, -0.15) is 0 Å². The van der Waals surface area contributed by atoms with Crippen molar-refractivity contribution in [3.63, 3.8) is 0 Å². The number of fused-ring (bicyclic) bond motifs is 1. The third-order valence-corrected chi connectivity index (χ3v) is 4.68. The molecule has 1 saturated carbocycles. The first-order chi connectivity index (χ1) is 11.7. The van der Waals surface area contributed by atoms with Gasteiger partial charge in [-0.05, 0) is 30.9 Å². The number of urea groups is 1. The lowest BCUT2D eigenvalue weighted by atomic mass is 9.88. The van der Waals surface area contributed by atoms with Gasteiger partial charge in [0.15, 0.2) is 0 Å². The van der Waals surface area contributed by atoms with Crippen LogP contribution in [-0.4, -0.2) is 30.3 Å². The Morgan fingerprint density at radius 1 is 1.29 bits per heavy atom. The molecular weight excluding hydrogens is 302 g/mol. The Balaban J connectivity index is 1.45. The van der Waals surface area contributed by atoms with Gasteiger partial charge in [-0.1, -0.05) is 31.9 Å². The number of nitrogens with zero attached hydrogens (tertiary/aromatic N) is 1. The number of hydrogen-bond donors (Lipinski definition) is 2. The molecular formula is C19H25N3O2. The number of carbonyl (C=O) groups excluding carboxylic acids is 1. The van der Waals surface area contributed by atoms with Crippen molar-refractivity contribution in [2.24, 2.45) is 5.92 Å². The molecule has 0 bridgehead atoms. The maximum atomic E-state index is 12.1. The fourth-order valence-electron chi connectivity index (χ4n) is 3.30. The van der Waals surface area contributed by atoms with E-state index < -0.39 is 0 Å². The van der Waals surface area contributed by atoms with Gasteiger partial charge in [-0.3, -0.25) is 4.98 Å². The minimum Gasteiger partial charge on any atom is -0.376 e. The van der Waals surface area contributed by atoms with Crippen molar-refractivity contribution in [1.82, 2.24) is 10.3 Å². The van der Waals surface area contributed by atoms with Gasteiger partial charge in [0.2, 0.25) is 0 Å². The highest BCUT2D eigenvalue weighted by molar-refractivity contribution is 6.01. The zero-order valence-corrected chi connectivity index (χ0v) is 14.1. The lowest BCUT2D eigenvalue weighted by molar-refractivity contribution is -0.00232. The van der Waals surface area contributed by atoms with Crippen LogP contribution in [0.15, 0.2) is 36.7 Å². The van der Waals surface area contributed by atoms with Crippen molar-refractivity contribution in [2.45, 2.75) is 38.7 Å². The smallest absolute Gasteiger partial charge is 0.319 e. The zero-order chi connectivity index (χ0) is 16.8. The van der Waals surface area contributed by atoms with Gasteiger partial charge in [0, 0.05) is 29.7 Å². The first kappa shape index (κ1) is 16.7. The summed E-state index contributed by atoms with van der Waals surface area (Å²) in [6, 6.07) is 7.47. The monoisotopic (exact) mass is 327 g/mol. The van der Waals surface area contributed by atoms with E-state index in [9.17, 15) is 4.79 Å². The van der Waals surface area contributed by atoms with Gasteiger partial charge in [-0.25, -0.2) is 4.79 Å². The minimum atomic E-state index is -0.209. The predicted molar refractivity (Wildman–Crippen MR) is 96.1 cm³/mol. The lowest BCUT2D eigenvalue weighted by Crippen LogP contribution is -2.34. The molecule has 2 atom stereocenters. The highest BCUT2D eigenvalue weighted by atomic mass is 16.5. The standard InChI is InChI=1S/C19H25N3O2/c1-14-5-2-3-8-18(14)24-12-11-21-19(23)22-17-7-4-6-15-13-20-10-9-16(15)17/h4,6-7,9-10,13-14,18H,2-3,5,8,11-12H2,1H3,(H2,21,22,23)/t14-,18+/m1/s1. The van der Waals surface area contributed by atoms with E-state index in [0.29, 0.717) is 25.2 Å². The molecule has 1 aromatic heterocycles. The van der Waals surface area contributed by atoms with Gasteiger partial charge in [0.25, 0.3) is 0 Å². The number of hydrogen-bond acceptors (Lipinski definition) is 3. The summed E-state index contributed by atoms with van der Waals surface area (Å²) in [5, 5.41) is 7.74. The van der Waals surface area contributed by atoms with Crippen LogP contribution in [0.25, 0.3) is 10.8 Å². The summed E-state index contributed by atoms with van der Waals surface area (Å²) in [7, 11) is 0. The van der Waals surface area contributed by atoms with E-state index in [4.69, 9.17) is 4.74 Å². The number of nitrogens with one attached hydrogen (secondary N) is 2. The fourth-order valence-corrected chi connectivity index (χ4v) is 3.30. The summed E-state index contributed by atoms with van der Waals surface area (Å²) < 4.78 is 5.92. The van der Waals surface area contributed by atoms with E-state index in [0.717, 1.165) is 22.9 Å². The fraction of sp³-hybridized carbons (Fsp3) is 0.474. The molecule has 0 radical (unpaired) electrons. The van der Waals surface area contributed by atoms with Gasteiger partial charge >= 0.3 is 6.03 Å². The van der Waals surface area contributed by atoms with Crippen LogP contribution < -0.4 is 10.6 Å². The minimum absolute atomic E-state index is 0.209. The maximum Gasteiger partial charge on any atom is 0.319 e. The Bertz CT molecular complexity index is 684. The second-order valence-electron chi connectivity index (χ2n) is 6.45. The van der Waals surface area contributed by atoms with Crippen molar-refractivity contribution >= 4 is 22.5 Å². The molecule has 128 valence electrons. The van der Waals surface area contributed by atoms with E-state index >= 15 is 0 Å². The number of rotatable bonds is 5. The molecule has 1 heterocycles. The summed E-state index contributed by atoms with van der Waals surface area (Å²) >= 11 is 0. The number of anilines is 1. The second kappa shape index (κ2) is 8.11. The van der Waals surface area contributed by atoms with Crippen LogP contribution in [0.5, 0.6) is 0 Å². The first-order valence-electron chi connectivity index (χ1n) is 8.73. The summed E-state index contributed by atoms with van der Waals surface area (Å²) in [5.74, 6) is 0.622. The number of pyridine rings is 1. The maximum absolute atomic E-state index is 12.1. The van der Waals surface area contributed by atoms with Crippen molar-refractivity contribution in [3.8, 4) is 0 Å². The van der Waals surface area contributed by atoms with Gasteiger partial charge in [0.05, 0.1) is 18.4 Å². The molecule has 5 heteroatoms. The summed E-state index contributed by atoms with van der Waals surface area (Å²) in [6.45, 7) is 3.32. The quantitative estimate of drug-likeness (QED) is 0.817. The van der Waals surface area contributed by atoms with Crippen LogP contribution in [0.4, 0.5) is 10.5 Å². The van der Waals surface area contributed by atoms with Crippen LogP contribution in [0.3, 0.4) is 0 Å². The third kappa shape index (κ3) is 4.23. The molecule has 5 nitrogen and oxygen atoms in total. The molecule has 3 rings (SSSR count). The number of aromatic nitrogens is 1. The largest absolute Gasteiger partial charge is 0.376 e. The summed E-state index contributed by atoms with van der Waals surface area (Å²) in [6.07, 6.45) is 8.80. The average Bonchev–Trinajstić information content (AvgIpc) is 2.60. The molecule has 24 heavy (non-hydrogen) atoms. The van der Waals surface area contributed by atoms with E-state index in [2.05, 4.69) is 22.5 Å². The molecule has 1 fully saturated rings. The molecule has 2 aromatic rings. The Labute approximate surface area is 142 Å². The molecule has 0 saturated heterocycles. The van der Waals surface area contributed by atoms with E-state index in [1.54, 1.807) is 12.4 Å². The van der Waals surface area contributed by atoms with Crippen LogP contribution in [-0.2, 0) is 4.74 Å². The Kier molecular flexibility index (Phi) is 5.64. The van der Waals surface area contributed by atoms with E-state index in [-0.39, 0.29) is 6.03 Å². The normalized spacial score (nSPS) is 20.7. The highest BCUT2D eigenvalue weighted by Crippen LogP contribution is 2.26. The predicted octanol–water partition coefficient (Wildman–Crippen LogP) is 3.95. The van der Waals surface area contributed by atoms with Crippen LogP contribution in [0.1, 0.15) is 32.6 Å². The van der Waals surface area contributed by atoms with Crippen molar-refractivity contribution < 1.29 is 9.53 Å². The Hall–Kier alpha value is -2.14. The molecule has 0 unspecified atom stereocenters. The zero-order valence-electron chi connectivity index (χ0n) is 14.1. The number of amides is 2. The molecule has 2 N–H and O–H groups in total. The Morgan fingerprint density at radius 2 is 2.17 bits per heavy atom. The van der Waals surface area contributed by atoms with Crippen LogP contribution in [0, 0.1) is 5.92 Å². The van der Waals surface area contributed by atoms with Crippen LogP contribution >= 0.6 is 0 Å². The number of carbonyl (C=O) groups is 1.